The number of carbonyl (C=O) groups excluding carboxylic acids is 2. The first-order chi connectivity index (χ1) is 33.7. The molecule has 398 valence electrons. The number of aliphatic hydroxyl groups excluding tert-OH is 5. The van der Waals surface area contributed by atoms with Crippen LogP contribution in [0.5, 0.6) is 0 Å². The number of hydrogen-bond acceptors (Lipinski definition) is 10. The van der Waals surface area contributed by atoms with Crippen molar-refractivity contribution in [3.05, 3.63) is 72.9 Å². The monoisotopic (exact) mass is 972 g/mol. The Morgan fingerprint density at radius 3 is 1.59 bits per heavy atom. The molecule has 0 spiro atoms. The minimum absolute atomic E-state index is 0.0513. The Labute approximate surface area is 420 Å². The van der Waals surface area contributed by atoms with Gasteiger partial charge in [-0.15, -0.1) is 0 Å². The van der Waals surface area contributed by atoms with Crippen LogP contribution in [0.2, 0.25) is 0 Å². The molecule has 7 atom stereocenters. The van der Waals surface area contributed by atoms with Gasteiger partial charge in [0.2, 0.25) is 5.91 Å². The zero-order valence-electron chi connectivity index (χ0n) is 43.5. The average molecular weight is 972 g/mol. The fourth-order valence-electron chi connectivity index (χ4n) is 8.10. The molecule has 0 radical (unpaired) electrons. The zero-order valence-corrected chi connectivity index (χ0v) is 43.5. The van der Waals surface area contributed by atoms with Crippen molar-refractivity contribution in [3.8, 4) is 0 Å². The summed E-state index contributed by atoms with van der Waals surface area (Å²) in [6.45, 7) is 4.10. The van der Waals surface area contributed by atoms with Crippen molar-refractivity contribution < 1.29 is 49.3 Å². The van der Waals surface area contributed by atoms with Crippen LogP contribution >= 0.6 is 0 Å². The van der Waals surface area contributed by atoms with Crippen molar-refractivity contribution in [1.29, 1.82) is 0 Å². The summed E-state index contributed by atoms with van der Waals surface area (Å²) in [7, 11) is 0. The van der Waals surface area contributed by atoms with Gasteiger partial charge in [0, 0.05) is 12.8 Å². The summed E-state index contributed by atoms with van der Waals surface area (Å²) in [5.74, 6) is -0.275. The molecule has 0 saturated carbocycles. The Morgan fingerprint density at radius 1 is 0.551 bits per heavy atom. The Hall–Kier alpha value is -2.90. The fraction of sp³-hybridized carbons (Fsp3) is 0.759. The fourth-order valence-corrected chi connectivity index (χ4v) is 8.10. The summed E-state index contributed by atoms with van der Waals surface area (Å²) in [6, 6.07) is -0.852. The van der Waals surface area contributed by atoms with Gasteiger partial charge in [0.25, 0.3) is 0 Å². The molecule has 0 aliphatic carbocycles. The largest absolute Gasteiger partial charge is 0.466 e. The van der Waals surface area contributed by atoms with Gasteiger partial charge < -0.3 is 45.1 Å². The first kappa shape index (κ1) is 64.1. The van der Waals surface area contributed by atoms with Gasteiger partial charge in [-0.05, 0) is 109 Å². The van der Waals surface area contributed by atoms with Crippen molar-refractivity contribution in [2.24, 2.45) is 0 Å². The molecule has 0 bridgehead atoms. The predicted octanol–water partition coefficient (Wildman–Crippen LogP) is 12.1. The normalized spacial score (nSPS) is 19.9. The number of aliphatic hydroxyl groups is 5. The lowest BCUT2D eigenvalue weighted by molar-refractivity contribution is -0.302. The molecule has 7 unspecified atom stereocenters. The van der Waals surface area contributed by atoms with Crippen LogP contribution in [0.25, 0.3) is 0 Å². The second kappa shape index (κ2) is 47.4. The molecule has 11 nitrogen and oxygen atoms in total. The minimum atomic E-state index is -1.59. The van der Waals surface area contributed by atoms with Crippen LogP contribution in [0.4, 0.5) is 0 Å². The maximum Gasteiger partial charge on any atom is 0.305 e. The van der Waals surface area contributed by atoms with Crippen LogP contribution < -0.4 is 5.32 Å². The van der Waals surface area contributed by atoms with Crippen LogP contribution in [0.15, 0.2) is 72.9 Å². The molecule has 1 rings (SSSR count). The summed E-state index contributed by atoms with van der Waals surface area (Å²) in [5, 5.41) is 54.1. The summed E-state index contributed by atoms with van der Waals surface area (Å²) in [5.41, 5.74) is 0. The van der Waals surface area contributed by atoms with Crippen molar-refractivity contribution in [3.63, 3.8) is 0 Å². The van der Waals surface area contributed by atoms with Crippen LogP contribution in [0.1, 0.15) is 219 Å². The molecule has 1 aliphatic heterocycles. The van der Waals surface area contributed by atoms with Gasteiger partial charge in [-0.25, -0.2) is 0 Å². The lowest BCUT2D eigenvalue weighted by Crippen LogP contribution is -2.60. The van der Waals surface area contributed by atoms with E-state index in [-0.39, 0.29) is 18.5 Å². The SMILES string of the molecule is CC/C=C/CC/C=C/CC/C=C/C(O)C(COC1OC(CO)C(O)C(O)C1O)NC(=O)CCCCCCCC/C=C\C=C/CCCCCOC(=O)CCCCCCC/C=C\CCCCCCCCC. The molecule has 0 aromatic rings. The highest BCUT2D eigenvalue weighted by Gasteiger charge is 2.44. The van der Waals surface area contributed by atoms with E-state index >= 15 is 0 Å². The predicted molar refractivity (Wildman–Crippen MR) is 283 cm³/mol. The standard InChI is InChI=1S/C58H101NO10/c1-3-5-7-9-11-13-15-16-17-20-23-26-30-34-38-42-46-54(63)67-47-43-39-35-31-27-24-21-18-19-22-25-29-33-37-41-45-53(62)59-50(49-68-58-57(66)56(65)55(64)52(48-60)69-58)51(61)44-40-36-32-28-14-12-10-8-6-4-2/h6,8,14,17-18,20-21,24,27-28,40,44,50-52,55-58,60-61,64-66H,3-5,7,9-13,15-16,19,22-23,25-26,29-39,41-43,45-49H2,1-2H3,(H,59,62)/b8-6+,20-17-,21-18-,27-24-,28-14+,44-40+. The Bertz CT molecular complexity index is 1380. The van der Waals surface area contributed by atoms with Gasteiger partial charge >= 0.3 is 5.97 Å². The van der Waals surface area contributed by atoms with Crippen molar-refractivity contribution in [2.75, 3.05) is 19.8 Å². The van der Waals surface area contributed by atoms with E-state index in [9.17, 15) is 35.1 Å². The molecule has 69 heavy (non-hydrogen) atoms. The van der Waals surface area contributed by atoms with Crippen LogP contribution in [-0.2, 0) is 23.8 Å². The highest BCUT2D eigenvalue weighted by Crippen LogP contribution is 2.23. The summed E-state index contributed by atoms with van der Waals surface area (Å²) in [6.07, 6.45) is 51.5. The number of hydrogen-bond donors (Lipinski definition) is 6. The molecule has 1 saturated heterocycles. The number of rotatable bonds is 46. The van der Waals surface area contributed by atoms with Crippen LogP contribution in [0.3, 0.4) is 0 Å². The third-order valence-corrected chi connectivity index (χ3v) is 12.5. The van der Waals surface area contributed by atoms with Crippen molar-refractivity contribution in [1.82, 2.24) is 5.32 Å². The lowest BCUT2D eigenvalue weighted by Gasteiger charge is -2.40. The molecular formula is C58H101NO10. The van der Waals surface area contributed by atoms with Gasteiger partial charge in [-0.3, -0.25) is 9.59 Å². The van der Waals surface area contributed by atoms with Gasteiger partial charge in [-0.2, -0.15) is 0 Å². The molecule has 1 aliphatic rings. The number of esters is 1. The zero-order chi connectivity index (χ0) is 50.3. The molecule has 0 aromatic heterocycles. The third kappa shape index (κ3) is 37.5. The number of nitrogens with one attached hydrogen (secondary N) is 1. The summed E-state index contributed by atoms with van der Waals surface area (Å²) >= 11 is 0. The van der Waals surface area contributed by atoms with E-state index in [1.54, 1.807) is 6.08 Å². The second-order valence-electron chi connectivity index (χ2n) is 18.9. The molecule has 11 heteroatoms. The van der Waals surface area contributed by atoms with Gasteiger partial charge in [0.15, 0.2) is 6.29 Å². The Morgan fingerprint density at radius 2 is 1.03 bits per heavy atom. The topological polar surface area (TPSA) is 175 Å². The van der Waals surface area contributed by atoms with Crippen LogP contribution in [-0.4, -0.2) is 100 Å². The van der Waals surface area contributed by atoms with E-state index in [1.807, 2.05) is 6.08 Å². The average Bonchev–Trinajstić information content (AvgIpc) is 3.34. The number of allylic oxidation sites excluding steroid dienone is 11. The van der Waals surface area contributed by atoms with Gasteiger partial charge in [0.1, 0.15) is 24.4 Å². The van der Waals surface area contributed by atoms with E-state index in [0.717, 1.165) is 103 Å². The van der Waals surface area contributed by atoms with E-state index in [1.165, 1.54) is 77.0 Å². The molecule has 1 fully saturated rings. The smallest absolute Gasteiger partial charge is 0.305 e. The summed E-state index contributed by atoms with van der Waals surface area (Å²) < 4.78 is 16.6. The maximum atomic E-state index is 13.0. The summed E-state index contributed by atoms with van der Waals surface area (Å²) in [4.78, 5) is 25.0. The highest BCUT2D eigenvalue weighted by atomic mass is 16.7. The van der Waals surface area contributed by atoms with Gasteiger partial charge in [-0.1, -0.05) is 170 Å². The third-order valence-electron chi connectivity index (χ3n) is 12.5. The van der Waals surface area contributed by atoms with Gasteiger partial charge in [0.05, 0.1) is 32.0 Å². The second-order valence-corrected chi connectivity index (χ2v) is 18.9. The lowest BCUT2D eigenvalue weighted by atomic mass is 9.99. The van der Waals surface area contributed by atoms with E-state index in [2.05, 4.69) is 79.9 Å². The number of ether oxygens (including phenoxy) is 3. The van der Waals surface area contributed by atoms with Crippen molar-refractivity contribution in [2.45, 2.75) is 262 Å². The first-order valence-corrected chi connectivity index (χ1v) is 27.7. The Balaban J connectivity index is 2.14. The molecule has 1 heterocycles. The Kier molecular flexibility index (Phi) is 44.1. The number of amides is 1. The number of unbranched alkanes of at least 4 members (excludes halogenated alkanes) is 23. The van der Waals surface area contributed by atoms with E-state index in [0.29, 0.717) is 32.3 Å². The van der Waals surface area contributed by atoms with Crippen LogP contribution in [0, 0.1) is 0 Å². The van der Waals surface area contributed by atoms with E-state index in [4.69, 9.17) is 14.2 Å². The minimum Gasteiger partial charge on any atom is -0.466 e. The quantitative estimate of drug-likeness (QED) is 0.0149. The maximum absolute atomic E-state index is 13.0. The molecular weight excluding hydrogens is 871 g/mol. The number of carbonyl (C=O) groups is 2. The molecule has 6 N–H and O–H groups in total. The highest BCUT2D eigenvalue weighted by molar-refractivity contribution is 5.76. The van der Waals surface area contributed by atoms with E-state index < -0.39 is 49.5 Å². The molecule has 1 amide bonds. The van der Waals surface area contributed by atoms with Crippen molar-refractivity contribution >= 4 is 11.9 Å². The molecule has 0 aromatic carbocycles. The first-order valence-electron chi connectivity index (χ1n) is 27.7.